The van der Waals surface area contributed by atoms with Crippen LogP contribution in [-0.4, -0.2) is 9.97 Å². The number of alkyl halides is 3. The van der Waals surface area contributed by atoms with E-state index in [-0.39, 0.29) is 0 Å². The molecule has 0 aliphatic rings. The number of aryl methyl sites for hydroxylation is 1. The second kappa shape index (κ2) is 2.48. The topological polar surface area (TPSA) is 25.8 Å². The van der Waals surface area contributed by atoms with Crippen molar-refractivity contribution < 1.29 is 13.2 Å². The first-order valence-corrected chi connectivity index (χ1v) is 2.86. The van der Waals surface area contributed by atoms with Crippen molar-refractivity contribution in [3.05, 3.63) is 23.8 Å². The van der Waals surface area contributed by atoms with Crippen LogP contribution < -0.4 is 0 Å². The molecule has 0 saturated heterocycles. The highest BCUT2D eigenvalue weighted by molar-refractivity contribution is 5.03. The summed E-state index contributed by atoms with van der Waals surface area (Å²) in [5.41, 5.74) is -0.485. The Kier molecular flexibility index (Phi) is 1.80. The second-order valence-electron chi connectivity index (χ2n) is 2.04. The van der Waals surface area contributed by atoms with E-state index < -0.39 is 11.9 Å². The van der Waals surface area contributed by atoms with E-state index in [9.17, 15) is 13.2 Å². The maximum absolute atomic E-state index is 11.8. The molecule has 0 atom stereocenters. The van der Waals surface area contributed by atoms with Gasteiger partial charge in [0.15, 0.2) is 5.69 Å². The van der Waals surface area contributed by atoms with Crippen LogP contribution in [0, 0.1) is 6.92 Å². The summed E-state index contributed by atoms with van der Waals surface area (Å²) in [4.78, 5) is 6.63. The molecule has 0 unspecified atom stereocenters. The van der Waals surface area contributed by atoms with Crippen molar-refractivity contribution in [3.8, 4) is 0 Å². The largest absolute Gasteiger partial charge is 0.434 e. The average molecular weight is 162 g/mol. The maximum Gasteiger partial charge on any atom is 0.434 e. The smallest absolute Gasteiger partial charge is 0.258 e. The number of halogens is 3. The second-order valence-corrected chi connectivity index (χ2v) is 2.04. The Balaban J connectivity index is 2.99. The molecule has 11 heavy (non-hydrogen) atoms. The molecule has 0 spiro atoms. The number of nitrogens with zero attached hydrogens (tertiary/aromatic N) is 2. The predicted octanol–water partition coefficient (Wildman–Crippen LogP) is 1.80. The van der Waals surface area contributed by atoms with E-state index in [1.165, 1.54) is 0 Å². The van der Waals surface area contributed by atoms with Crippen molar-refractivity contribution in [1.82, 2.24) is 9.97 Å². The normalized spacial score (nSPS) is 11.6. The lowest BCUT2D eigenvalue weighted by Crippen LogP contribution is -2.08. The molecule has 0 saturated carbocycles. The Hall–Kier alpha value is -1.13. The van der Waals surface area contributed by atoms with Gasteiger partial charge in [0.1, 0.15) is 0 Å². The van der Waals surface area contributed by atoms with Gasteiger partial charge >= 0.3 is 6.18 Å². The fourth-order valence-electron chi connectivity index (χ4n) is 0.539. The molecule has 0 bridgehead atoms. The van der Waals surface area contributed by atoms with Gasteiger partial charge in [-0.15, -0.1) is 0 Å². The van der Waals surface area contributed by atoms with Gasteiger partial charge in [0.05, 0.1) is 11.9 Å². The summed E-state index contributed by atoms with van der Waals surface area (Å²) in [5.74, 6) is 0. The predicted molar refractivity (Wildman–Crippen MR) is 31.8 cm³/mol. The molecule has 1 heterocycles. The minimum Gasteiger partial charge on any atom is -0.258 e. The molecule has 0 amide bonds. The Morgan fingerprint density at radius 1 is 1.18 bits per heavy atom. The van der Waals surface area contributed by atoms with E-state index in [1.807, 2.05) is 0 Å². The molecule has 0 fully saturated rings. The van der Waals surface area contributed by atoms with Crippen LogP contribution in [-0.2, 0) is 6.18 Å². The van der Waals surface area contributed by atoms with Gasteiger partial charge in [-0.05, 0) is 6.92 Å². The van der Waals surface area contributed by atoms with Crippen molar-refractivity contribution in [2.24, 2.45) is 0 Å². The van der Waals surface area contributed by atoms with Crippen LogP contribution in [0.5, 0.6) is 0 Å². The molecule has 0 N–H and O–H groups in total. The highest BCUT2D eigenvalue weighted by Gasteiger charge is 2.32. The van der Waals surface area contributed by atoms with E-state index in [0.29, 0.717) is 5.69 Å². The molecule has 0 aromatic carbocycles. The quantitative estimate of drug-likeness (QED) is 0.581. The van der Waals surface area contributed by atoms with Crippen molar-refractivity contribution in [3.63, 3.8) is 0 Å². The first-order valence-electron chi connectivity index (χ1n) is 2.86. The van der Waals surface area contributed by atoms with Crippen LogP contribution in [0.15, 0.2) is 12.4 Å². The van der Waals surface area contributed by atoms with Crippen molar-refractivity contribution in [2.45, 2.75) is 13.1 Å². The fraction of sp³-hybridized carbons (Fsp3) is 0.333. The van der Waals surface area contributed by atoms with Gasteiger partial charge in [-0.2, -0.15) is 13.2 Å². The van der Waals surface area contributed by atoms with Crippen LogP contribution in [0.1, 0.15) is 11.4 Å². The van der Waals surface area contributed by atoms with Crippen molar-refractivity contribution in [2.75, 3.05) is 0 Å². The monoisotopic (exact) mass is 162 g/mol. The summed E-state index contributed by atoms with van der Waals surface area (Å²) in [6, 6.07) is 0. The van der Waals surface area contributed by atoms with Crippen LogP contribution in [0.2, 0.25) is 0 Å². The number of hydrogen-bond acceptors (Lipinski definition) is 2. The molecule has 1 aromatic heterocycles. The average Bonchev–Trinajstić information content (AvgIpc) is 1.86. The van der Waals surface area contributed by atoms with Gasteiger partial charge in [0.25, 0.3) is 0 Å². The minimum absolute atomic E-state index is 0.470. The van der Waals surface area contributed by atoms with Crippen molar-refractivity contribution >= 4 is 0 Å². The summed E-state index contributed by atoms with van der Waals surface area (Å²) in [6.45, 7) is 1.58. The van der Waals surface area contributed by atoms with Crippen molar-refractivity contribution in [1.29, 1.82) is 0 Å². The van der Waals surface area contributed by atoms with Crippen LogP contribution in [0.25, 0.3) is 0 Å². The van der Waals surface area contributed by atoms with Crippen LogP contribution >= 0.6 is 0 Å². The molecular weight excluding hydrogens is 157 g/mol. The molecule has 5 heteroatoms. The molecular formula is C6H5F3N2. The summed E-state index contributed by atoms with van der Waals surface area (Å²) in [7, 11) is 0. The van der Waals surface area contributed by atoms with Crippen LogP contribution in [0.4, 0.5) is 13.2 Å². The Morgan fingerprint density at radius 2 is 1.82 bits per heavy atom. The zero-order chi connectivity index (χ0) is 8.48. The van der Waals surface area contributed by atoms with E-state index in [2.05, 4.69) is 9.97 Å². The zero-order valence-electron chi connectivity index (χ0n) is 5.68. The van der Waals surface area contributed by atoms with E-state index in [1.54, 1.807) is 6.92 Å². The molecule has 1 aromatic rings. The first-order chi connectivity index (χ1) is 5.00. The third-order valence-corrected chi connectivity index (χ3v) is 1.07. The number of rotatable bonds is 0. The molecule has 0 aliphatic heterocycles. The molecule has 2 nitrogen and oxygen atoms in total. The first kappa shape index (κ1) is 7.97. The SMILES string of the molecule is Cc1cnc(C(F)(F)F)cn1. The third-order valence-electron chi connectivity index (χ3n) is 1.07. The molecule has 1 rings (SSSR count). The number of hydrogen-bond donors (Lipinski definition) is 0. The molecule has 60 valence electrons. The van der Waals surface area contributed by atoms with Gasteiger partial charge < -0.3 is 0 Å². The van der Waals surface area contributed by atoms with Gasteiger partial charge in [-0.25, -0.2) is 4.98 Å². The third kappa shape index (κ3) is 1.89. The van der Waals surface area contributed by atoms with Gasteiger partial charge in [0.2, 0.25) is 0 Å². The summed E-state index contributed by atoms with van der Waals surface area (Å²) >= 11 is 0. The van der Waals surface area contributed by atoms with Gasteiger partial charge in [-0.3, -0.25) is 4.98 Å². The Bertz CT molecular complexity index is 239. The van der Waals surface area contributed by atoms with Crippen LogP contribution in [0.3, 0.4) is 0 Å². The Labute approximate surface area is 61.1 Å². The maximum atomic E-state index is 11.8. The fourth-order valence-corrected chi connectivity index (χ4v) is 0.539. The highest BCUT2D eigenvalue weighted by Crippen LogP contribution is 2.26. The summed E-state index contributed by atoms with van der Waals surface area (Å²) in [5, 5.41) is 0. The highest BCUT2D eigenvalue weighted by atomic mass is 19.4. The van der Waals surface area contributed by atoms with Gasteiger partial charge in [-0.1, -0.05) is 0 Å². The number of aromatic nitrogens is 2. The van der Waals surface area contributed by atoms with E-state index in [0.717, 1.165) is 12.4 Å². The van der Waals surface area contributed by atoms with E-state index in [4.69, 9.17) is 0 Å². The minimum atomic E-state index is -4.39. The molecule has 0 aliphatic carbocycles. The van der Waals surface area contributed by atoms with Gasteiger partial charge in [0, 0.05) is 6.20 Å². The lowest BCUT2D eigenvalue weighted by molar-refractivity contribution is -0.141. The zero-order valence-corrected chi connectivity index (χ0v) is 5.68. The lowest BCUT2D eigenvalue weighted by Gasteiger charge is -2.03. The lowest BCUT2D eigenvalue weighted by atomic mass is 10.4. The molecule has 0 radical (unpaired) electrons. The summed E-state index contributed by atoms with van der Waals surface area (Å²) < 4.78 is 35.5. The summed E-state index contributed by atoms with van der Waals surface area (Å²) in [6.07, 6.45) is -2.58. The van der Waals surface area contributed by atoms with E-state index >= 15 is 0 Å². The standard InChI is InChI=1S/C6H5F3N2/c1-4-2-11-5(3-10-4)6(7,8)9/h2-3H,1H3. The Morgan fingerprint density at radius 3 is 2.18 bits per heavy atom.